The summed E-state index contributed by atoms with van der Waals surface area (Å²) in [5.41, 5.74) is -2.06. The first-order valence-electron chi connectivity index (χ1n) is 4.88. The van der Waals surface area contributed by atoms with Gasteiger partial charge in [0.1, 0.15) is 5.56 Å². The van der Waals surface area contributed by atoms with Crippen LogP contribution in [0, 0.1) is 10.1 Å². The van der Waals surface area contributed by atoms with Crippen LogP contribution in [-0.4, -0.2) is 44.6 Å². The predicted molar refractivity (Wildman–Crippen MR) is 59.7 cm³/mol. The lowest BCUT2D eigenvalue weighted by molar-refractivity contribution is -0.385. The quantitative estimate of drug-likeness (QED) is 0.372. The fraction of sp³-hybridized carbons (Fsp3) is 0.222. The zero-order chi connectivity index (χ0) is 14.6. The number of nitrogens with one attached hydrogen (secondary N) is 2. The highest BCUT2D eigenvalue weighted by Gasteiger charge is 2.22. The van der Waals surface area contributed by atoms with E-state index >= 15 is 0 Å². The first-order valence-corrected chi connectivity index (χ1v) is 4.88. The number of aliphatic hydroxyl groups is 1. The van der Waals surface area contributed by atoms with Crippen LogP contribution in [0.1, 0.15) is 10.4 Å². The van der Waals surface area contributed by atoms with Crippen LogP contribution in [0.25, 0.3) is 0 Å². The van der Waals surface area contributed by atoms with Gasteiger partial charge >= 0.3 is 5.97 Å². The monoisotopic (exact) mass is 271 g/mol. The number of rotatable bonds is 5. The Morgan fingerprint density at radius 1 is 1.53 bits per heavy atom. The number of hydrogen-bond donors (Lipinski definition) is 4. The standard InChI is InChI=1S/C9H9N3O7/c13-3-6(9(16)17)11-8(15)5-1-4(12(18)19)2-10-7(5)14/h1-2,6,13H,3H2,(H,10,14)(H,11,15)(H,16,17)/t6-/m1/s1. The molecule has 0 unspecified atom stereocenters. The molecule has 19 heavy (non-hydrogen) atoms. The van der Waals surface area contributed by atoms with E-state index in [2.05, 4.69) is 0 Å². The first kappa shape index (κ1) is 14.3. The molecular formula is C9H9N3O7. The summed E-state index contributed by atoms with van der Waals surface area (Å²) in [5.74, 6) is -2.64. The van der Waals surface area contributed by atoms with E-state index in [1.54, 1.807) is 0 Å². The fourth-order valence-corrected chi connectivity index (χ4v) is 1.17. The molecule has 1 amide bonds. The van der Waals surface area contributed by atoms with Crippen molar-refractivity contribution in [3.8, 4) is 0 Å². The summed E-state index contributed by atoms with van der Waals surface area (Å²) < 4.78 is 0. The van der Waals surface area contributed by atoms with Gasteiger partial charge in [-0.2, -0.15) is 0 Å². The van der Waals surface area contributed by atoms with E-state index in [1.807, 2.05) is 10.3 Å². The van der Waals surface area contributed by atoms with Gasteiger partial charge in [0, 0.05) is 6.07 Å². The zero-order valence-electron chi connectivity index (χ0n) is 9.32. The second-order valence-corrected chi connectivity index (χ2v) is 3.40. The van der Waals surface area contributed by atoms with Gasteiger partial charge in [0.05, 0.1) is 17.7 Å². The molecule has 1 heterocycles. The average molecular weight is 271 g/mol. The van der Waals surface area contributed by atoms with Crippen LogP contribution in [0.4, 0.5) is 5.69 Å². The second-order valence-electron chi connectivity index (χ2n) is 3.40. The number of aromatic amines is 1. The SMILES string of the molecule is O=C(N[C@H](CO)C(=O)O)c1cc([N+](=O)[O-])c[nH]c1=O. The highest BCUT2D eigenvalue weighted by atomic mass is 16.6. The Balaban J connectivity index is 3.05. The van der Waals surface area contributed by atoms with Crippen LogP contribution in [-0.2, 0) is 4.79 Å². The molecule has 102 valence electrons. The Morgan fingerprint density at radius 2 is 2.16 bits per heavy atom. The first-order chi connectivity index (χ1) is 8.86. The Kier molecular flexibility index (Phi) is 4.32. The molecule has 0 fully saturated rings. The Hall–Kier alpha value is -2.75. The smallest absolute Gasteiger partial charge is 0.328 e. The molecule has 1 rings (SSSR count). The predicted octanol–water partition coefficient (Wildman–Crippen LogP) is -1.54. The summed E-state index contributed by atoms with van der Waals surface area (Å²) in [6.07, 6.45) is 0.805. The van der Waals surface area contributed by atoms with E-state index in [0.29, 0.717) is 6.07 Å². The Labute approximate surface area is 104 Å². The average Bonchev–Trinajstić information content (AvgIpc) is 2.35. The number of pyridine rings is 1. The minimum absolute atomic E-state index is 0.527. The third kappa shape index (κ3) is 3.35. The number of H-pyrrole nitrogens is 1. The van der Waals surface area contributed by atoms with E-state index in [1.165, 1.54) is 0 Å². The lowest BCUT2D eigenvalue weighted by Gasteiger charge is -2.10. The van der Waals surface area contributed by atoms with Crippen LogP contribution in [0.3, 0.4) is 0 Å². The fourth-order valence-electron chi connectivity index (χ4n) is 1.17. The van der Waals surface area contributed by atoms with Gasteiger partial charge in [-0.1, -0.05) is 0 Å². The van der Waals surface area contributed by atoms with E-state index in [-0.39, 0.29) is 0 Å². The lowest BCUT2D eigenvalue weighted by Crippen LogP contribution is -2.44. The molecule has 1 aromatic heterocycles. The van der Waals surface area contributed by atoms with Crippen molar-refractivity contribution >= 4 is 17.6 Å². The van der Waals surface area contributed by atoms with Crippen LogP contribution in [0.2, 0.25) is 0 Å². The van der Waals surface area contributed by atoms with Crippen LogP contribution in [0.15, 0.2) is 17.1 Å². The molecule has 10 nitrogen and oxygen atoms in total. The van der Waals surface area contributed by atoms with E-state index in [9.17, 15) is 24.5 Å². The summed E-state index contributed by atoms with van der Waals surface area (Å²) in [5, 5.41) is 29.7. The lowest BCUT2D eigenvalue weighted by atomic mass is 10.2. The highest BCUT2D eigenvalue weighted by Crippen LogP contribution is 2.08. The maximum absolute atomic E-state index is 11.6. The van der Waals surface area contributed by atoms with Gasteiger partial charge in [0.25, 0.3) is 17.2 Å². The summed E-state index contributed by atoms with van der Waals surface area (Å²) in [4.78, 5) is 45.1. The molecule has 0 radical (unpaired) electrons. The summed E-state index contributed by atoms with van der Waals surface area (Å²) in [7, 11) is 0. The van der Waals surface area contributed by atoms with Gasteiger partial charge in [-0.3, -0.25) is 19.7 Å². The summed E-state index contributed by atoms with van der Waals surface area (Å²) in [6.45, 7) is -0.881. The zero-order valence-corrected chi connectivity index (χ0v) is 9.32. The van der Waals surface area contributed by atoms with Crippen molar-refractivity contribution in [1.82, 2.24) is 10.3 Å². The minimum atomic E-state index is -1.61. The van der Waals surface area contributed by atoms with Gasteiger partial charge in [-0.15, -0.1) is 0 Å². The van der Waals surface area contributed by atoms with Crippen molar-refractivity contribution in [2.75, 3.05) is 6.61 Å². The molecule has 0 saturated heterocycles. The number of carboxylic acid groups (broad SMARTS) is 1. The van der Waals surface area contributed by atoms with Crippen LogP contribution >= 0.6 is 0 Å². The molecule has 10 heteroatoms. The van der Waals surface area contributed by atoms with Crippen LogP contribution in [0.5, 0.6) is 0 Å². The van der Waals surface area contributed by atoms with Crippen molar-refractivity contribution in [3.05, 3.63) is 38.3 Å². The topological polar surface area (TPSA) is 163 Å². The number of nitrogens with zero attached hydrogens (tertiary/aromatic N) is 1. The maximum Gasteiger partial charge on any atom is 0.328 e. The van der Waals surface area contributed by atoms with E-state index < -0.39 is 46.3 Å². The number of aromatic nitrogens is 1. The van der Waals surface area contributed by atoms with Crippen molar-refractivity contribution in [1.29, 1.82) is 0 Å². The molecule has 0 spiro atoms. The number of carbonyl (C=O) groups excluding carboxylic acids is 1. The molecule has 1 aromatic rings. The largest absolute Gasteiger partial charge is 0.480 e. The van der Waals surface area contributed by atoms with E-state index in [0.717, 1.165) is 6.20 Å². The molecule has 4 N–H and O–H groups in total. The molecular weight excluding hydrogens is 262 g/mol. The molecule has 1 atom stereocenters. The number of nitro groups is 1. The number of carbonyl (C=O) groups is 2. The van der Waals surface area contributed by atoms with Crippen molar-refractivity contribution in [2.45, 2.75) is 6.04 Å². The van der Waals surface area contributed by atoms with Crippen molar-refractivity contribution in [2.24, 2.45) is 0 Å². The number of aliphatic hydroxyl groups excluding tert-OH is 1. The maximum atomic E-state index is 11.6. The summed E-state index contributed by atoms with van der Waals surface area (Å²) in [6, 6.07) is -0.893. The molecule has 0 saturated carbocycles. The second kappa shape index (κ2) is 5.73. The normalized spacial score (nSPS) is 11.6. The van der Waals surface area contributed by atoms with Gasteiger partial charge in [-0.05, 0) is 0 Å². The van der Waals surface area contributed by atoms with Crippen molar-refractivity contribution < 1.29 is 24.7 Å². The number of hydrogen-bond acceptors (Lipinski definition) is 6. The third-order valence-electron chi connectivity index (χ3n) is 2.13. The van der Waals surface area contributed by atoms with Gasteiger partial charge < -0.3 is 20.5 Å². The number of carboxylic acids is 1. The van der Waals surface area contributed by atoms with Crippen molar-refractivity contribution in [3.63, 3.8) is 0 Å². The van der Waals surface area contributed by atoms with Crippen LogP contribution < -0.4 is 10.9 Å². The van der Waals surface area contributed by atoms with Gasteiger partial charge in [-0.25, -0.2) is 4.79 Å². The molecule has 0 aliphatic rings. The minimum Gasteiger partial charge on any atom is -0.480 e. The molecule has 0 aliphatic carbocycles. The third-order valence-corrected chi connectivity index (χ3v) is 2.13. The molecule has 0 aromatic carbocycles. The molecule has 0 bridgehead atoms. The van der Waals surface area contributed by atoms with E-state index in [4.69, 9.17) is 10.2 Å². The van der Waals surface area contributed by atoms with Gasteiger partial charge in [0.2, 0.25) is 0 Å². The number of amides is 1. The van der Waals surface area contributed by atoms with Gasteiger partial charge in [0.15, 0.2) is 6.04 Å². The Bertz CT molecular complexity index is 579. The highest BCUT2D eigenvalue weighted by molar-refractivity contribution is 5.96. The molecule has 0 aliphatic heterocycles. The number of aliphatic carboxylic acids is 1. The Morgan fingerprint density at radius 3 is 2.63 bits per heavy atom. The summed E-state index contributed by atoms with van der Waals surface area (Å²) >= 11 is 0.